The number of hydrogen-bond acceptors (Lipinski definition) is 3. The molecule has 1 aromatic rings. The van der Waals surface area contributed by atoms with Crippen LogP contribution in [0, 0.1) is 0 Å². The van der Waals surface area contributed by atoms with E-state index in [0.717, 1.165) is 12.8 Å². The van der Waals surface area contributed by atoms with Crippen molar-refractivity contribution in [3.63, 3.8) is 0 Å². The van der Waals surface area contributed by atoms with Gasteiger partial charge in [-0.15, -0.1) is 11.3 Å². The van der Waals surface area contributed by atoms with E-state index in [1.807, 2.05) is 29.3 Å². The molecule has 0 atom stereocenters. The molecular formula is C10H17NS2. The smallest absolute Gasteiger partial charge is 0.0935 e. The monoisotopic (exact) mass is 215 g/mol. The third kappa shape index (κ3) is 4.14. The van der Waals surface area contributed by atoms with Crippen LogP contribution in [-0.2, 0) is 12.8 Å². The number of nitrogens with zero attached hydrogens (tertiary/aromatic N) is 1. The Morgan fingerprint density at radius 1 is 1.38 bits per heavy atom. The SMILES string of the molecule is CCCSCCc1ncc(CC)s1. The summed E-state index contributed by atoms with van der Waals surface area (Å²) in [5.74, 6) is 2.51. The van der Waals surface area contributed by atoms with Gasteiger partial charge >= 0.3 is 0 Å². The highest BCUT2D eigenvalue weighted by Gasteiger charge is 1.99. The van der Waals surface area contributed by atoms with Crippen molar-refractivity contribution in [3.05, 3.63) is 16.1 Å². The average Bonchev–Trinajstić information content (AvgIpc) is 2.60. The largest absolute Gasteiger partial charge is 0.249 e. The Morgan fingerprint density at radius 2 is 2.23 bits per heavy atom. The van der Waals surface area contributed by atoms with Crippen molar-refractivity contribution in [2.45, 2.75) is 33.1 Å². The number of aromatic nitrogens is 1. The molecule has 0 spiro atoms. The lowest BCUT2D eigenvalue weighted by Gasteiger charge is -1.95. The average molecular weight is 215 g/mol. The van der Waals surface area contributed by atoms with Crippen LogP contribution < -0.4 is 0 Å². The fourth-order valence-corrected chi connectivity index (χ4v) is 2.85. The van der Waals surface area contributed by atoms with Crippen molar-refractivity contribution < 1.29 is 0 Å². The summed E-state index contributed by atoms with van der Waals surface area (Å²) in [4.78, 5) is 5.80. The number of thioether (sulfide) groups is 1. The summed E-state index contributed by atoms with van der Waals surface area (Å²) in [5.41, 5.74) is 0. The van der Waals surface area contributed by atoms with Crippen LogP contribution in [0.15, 0.2) is 6.20 Å². The van der Waals surface area contributed by atoms with Crippen LogP contribution in [0.4, 0.5) is 0 Å². The van der Waals surface area contributed by atoms with Gasteiger partial charge in [-0.2, -0.15) is 11.8 Å². The molecule has 3 heteroatoms. The normalized spacial score (nSPS) is 10.6. The predicted molar refractivity (Wildman–Crippen MR) is 62.8 cm³/mol. The van der Waals surface area contributed by atoms with E-state index in [4.69, 9.17) is 0 Å². The van der Waals surface area contributed by atoms with Gasteiger partial charge in [0.2, 0.25) is 0 Å². The van der Waals surface area contributed by atoms with E-state index < -0.39 is 0 Å². The van der Waals surface area contributed by atoms with E-state index in [-0.39, 0.29) is 0 Å². The highest BCUT2D eigenvalue weighted by atomic mass is 32.2. The summed E-state index contributed by atoms with van der Waals surface area (Å²) in [5, 5.41) is 1.31. The third-order valence-electron chi connectivity index (χ3n) is 1.76. The second-order valence-corrected chi connectivity index (χ2v) is 5.36. The number of thiazole rings is 1. The molecule has 0 N–H and O–H groups in total. The lowest BCUT2D eigenvalue weighted by Crippen LogP contribution is -1.87. The maximum absolute atomic E-state index is 4.39. The van der Waals surface area contributed by atoms with E-state index in [1.165, 1.54) is 27.8 Å². The molecule has 13 heavy (non-hydrogen) atoms. The van der Waals surface area contributed by atoms with Gasteiger partial charge in [0.05, 0.1) is 5.01 Å². The summed E-state index contributed by atoms with van der Waals surface area (Å²) in [6, 6.07) is 0. The van der Waals surface area contributed by atoms with Crippen LogP contribution in [0.2, 0.25) is 0 Å². The predicted octanol–water partition coefficient (Wildman–Crippen LogP) is 3.39. The zero-order valence-corrected chi connectivity index (χ0v) is 10.0. The van der Waals surface area contributed by atoms with E-state index in [9.17, 15) is 0 Å². The molecule has 1 rings (SSSR count). The number of hydrogen-bond donors (Lipinski definition) is 0. The van der Waals surface area contributed by atoms with Crippen molar-refractivity contribution in [2.75, 3.05) is 11.5 Å². The molecule has 0 aliphatic carbocycles. The Labute approximate surface area is 89.0 Å². The molecule has 0 radical (unpaired) electrons. The highest BCUT2D eigenvalue weighted by Crippen LogP contribution is 2.15. The number of rotatable bonds is 6. The molecule has 0 amide bonds. The van der Waals surface area contributed by atoms with Crippen molar-refractivity contribution in [1.82, 2.24) is 4.98 Å². The maximum Gasteiger partial charge on any atom is 0.0935 e. The second kappa shape index (κ2) is 6.44. The molecule has 1 heterocycles. The van der Waals surface area contributed by atoms with Crippen molar-refractivity contribution in [3.8, 4) is 0 Å². The molecule has 0 saturated carbocycles. The molecule has 0 aliphatic rings. The first-order valence-electron chi connectivity index (χ1n) is 4.88. The van der Waals surface area contributed by atoms with Gasteiger partial charge in [0.1, 0.15) is 0 Å². The fourth-order valence-electron chi connectivity index (χ4n) is 1.03. The first kappa shape index (κ1) is 11.1. The van der Waals surface area contributed by atoms with Crippen molar-refractivity contribution in [2.24, 2.45) is 0 Å². The minimum absolute atomic E-state index is 1.12. The molecule has 0 bridgehead atoms. The number of aryl methyl sites for hydroxylation is 2. The molecule has 1 aromatic heterocycles. The molecule has 0 aromatic carbocycles. The summed E-state index contributed by atoms with van der Waals surface area (Å²) in [6.07, 6.45) is 5.57. The molecule has 74 valence electrons. The molecular weight excluding hydrogens is 198 g/mol. The molecule has 1 nitrogen and oxygen atoms in total. The van der Waals surface area contributed by atoms with Gasteiger partial charge in [-0.1, -0.05) is 13.8 Å². The minimum atomic E-state index is 1.12. The fraction of sp³-hybridized carbons (Fsp3) is 0.700. The van der Waals surface area contributed by atoms with E-state index >= 15 is 0 Å². The zero-order valence-electron chi connectivity index (χ0n) is 8.38. The van der Waals surface area contributed by atoms with E-state index in [2.05, 4.69) is 18.8 Å². The topological polar surface area (TPSA) is 12.9 Å². The Balaban J connectivity index is 2.20. The van der Waals surface area contributed by atoms with Crippen molar-refractivity contribution in [1.29, 1.82) is 0 Å². The van der Waals surface area contributed by atoms with Gasteiger partial charge in [0.25, 0.3) is 0 Å². The lowest BCUT2D eigenvalue weighted by atomic mass is 10.4. The minimum Gasteiger partial charge on any atom is -0.249 e. The first-order valence-corrected chi connectivity index (χ1v) is 6.85. The van der Waals surface area contributed by atoms with Gasteiger partial charge < -0.3 is 0 Å². The van der Waals surface area contributed by atoms with Crippen LogP contribution in [0.25, 0.3) is 0 Å². The second-order valence-electron chi connectivity index (χ2n) is 2.94. The molecule has 0 fully saturated rings. The van der Waals surface area contributed by atoms with Gasteiger partial charge in [-0.25, -0.2) is 4.98 Å². The van der Waals surface area contributed by atoms with Crippen LogP contribution >= 0.6 is 23.1 Å². The molecule has 0 unspecified atom stereocenters. The molecule has 0 saturated heterocycles. The Bertz CT molecular complexity index is 233. The zero-order chi connectivity index (χ0) is 9.52. The lowest BCUT2D eigenvalue weighted by molar-refractivity contribution is 1.08. The summed E-state index contributed by atoms with van der Waals surface area (Å²) in [6.45, 7) is 4.41. The van der Waals surface area contributed by atoms with E-state index in [0.29, 0.717) is 0 Å². The van der Waals surface area contributed by atoms with Crippen LogP contribution in [0.5, 0.6) is 0 Å². The quantitative estimate of drug-likeness (QED) is 0.675. The van der Waals surface area contributed by atoms with Crippen LogP contribution in [-0.4, -0.2) is 16.5 Å². The van der Waals surface area contributed by atoms with Gasteiger partial charge in [0, 0.05) is 17.5 Å². The molecule has 0 aliphatic heterocycles. The Kier molecular flexibility index (Phi) is 5.47. The maximum atomic E-state index is 4.39. The summed E-state index contributed by atoms with van der Waals surface area (Å²) in [7, 11) is 0. The Morgan fingerprint density at radius 3 is 2.85 bits per heavy atom. The van der Waals surface area contributed by atoms with Crippen LogP contribution in [0.1, 0.15) is 30.2 Å². The summed E-state index contributed by atoms with van der Waals surface area (Å²) < 4.78 is 0. The Hall–Kier alpha value is -0.0200. The van der Waals surface area contributed by atoms with Gasteiger partial charge in [-0.05, 0) is 24.3 Å². The third-order valence-corrected chi connectivity index (χ3v) is 4.15. The summed E-state index contributed by atoms with van der Waals surface area (Å²) >= 11 is 3.90. The van der Waals surface area contributed by atoms with Gasteiger partial charge in [0.15, 0.2) is 0 Å². The first-order chi connectivity index (χ1) is 6.36. The van der Waals surface area contributed by atoms with E-state index in [1.54, 1.807) is 0 Å². The van der Waals surface area contributed by atoms with Gasteiger partial charge in [-0.3, -0.25) is 0 Å². The van der Waals surface area contributed by atoms with Crippen molar-refractivity contribution >= 4 is 23.1 Å². The van der Waals surface area contributed by atoms with Crippen LogP contribution in [0.3, 0.4) is 0 Å². The standard InChI is InChI=1S/C10H17NS2/c1-3-6-12-7-5-10-11-8-9(4-2)13-10/h8H,3-7H2,1-2H3. The highest BCUT2D eigenvalue weighted by molar-refractivity contribution is 7.99.